The van der Waals surface area contributed by atoms with Gasteiger partial charge in [0.15, 0.2) is 6.29 Å². The lowest BCUT2D eigenvalue weighted by molar-refractivity contribution is -0.144. The lowest BCUT2D eigenvalue weighted by Gasteiger charge is -2.23. The molecule has 1 aliphatic rings. The number of ether oxygens (including phenoxy) is 2. The maximum Gasteiger partial charge on any atom is 0.305 e. The summed E-state index contributed by atoms with van der Waals surface area (Å²) < 4.78 is 11.7. The highest BCUT2D eigenvalue weighted by atomic mass is 16.6. The summed E-state index contributed by atoms with van der Waals surface area (Å²) in [7, 11) is 2.13. The number of rotatable bonds is 33. The SMILES string of the molecule is CCCCCCCCCCC(CCCCCCCCC(=O)OCCC(CCCCC)CCCCC)COC(O)C1CCN(C)C1. The van der Waals surface area contributed by atoms with Crippen molar-refractivity contribution in [2.75, 3.05) is 33.4 Å². The van der Waals surface area contributed by atoms with Gasteiger partial charge < -0.3 is 19.5 Å². The molecule has 1 N–H and O–H groups in total. The first-order chi connectivity index (χ1) is 22.0. The molecular formula is C40H79NO4. The first-order valence-corrected chi connectivity index (χ1v) is 20.1. The molecule has 1 heterocycles. The summed E-state index contributed by atoms with van der Waals surface area (Å²) in [5, 5.41) is 10.6. The Labute approximate surface area is 281 Å². The number of unbranched alkanes of at least 4 members (excludes halogenated alkanes) is 16. The second kappa shape index (κ2) is 30.7. The van der Waals surface area contributed by atoms with Crippen LogP contribution in [0.1, 0.15) is 194 Å². The van der Waals surface area contributed by atoms with Crippen molar-refractivity contribution in [1.82, 2.24) is 4.90 Å². The van der Waals surface area contributed by atoms with Gasteiger partial charge in [-0.1, -0.05) is 156 Å². The highest BCUT2D eigenvalue weighted by molar-refractivity contribution is 5.69. The highest BCUT2D eigenvalue weighted by Gasteiger charge is 2.27. The molecule has 1 rings (SSSR count). The number of hydrogen-bond acceptors (Lipinski definition) is 5. The van der Waals surface area contributed by atoms with Gasteiger partial charge in [0, 0.05) is 18.9 Å². The van der Waals surface area contributed by atoms with E-state index in [0.29, 0.717) is 25.6 Å². The van der Waals surface area contributed by atoms with Gasteiger partial charge in [0.2, 0.25) is 0 Å². The van der Waals surface area contributed by atoms with Crippen LogP contribution < -0.4 is 0 Å². The molecule has 45 heavy (non-hydrogen) atoms. The summed E-state index contributed by atoms with van der Waals surface area (Å²) in [5.74, 6) is 1.55. The van der Waals surface area contributed by atoms with Crippen LogP contribution in [0.5, 0.6) is 0 Å². The number of nitrogens with zero attached hydrogens (tertiary/aromatic N) is 1. The van der Waals surface area contributed by atoms with Crippen LogP contribution in [0.2, 0.25) is 0 Å². The van der Waals surface area contributed by atoms with E-state index < -0.39 is 6.29 Å². The summed E-state index contributed by atoms with van der Waals surface area (Å²) in [4.78, 5) is 14.6. The van der Waals surface area contributed by atoms with Gasteiger partial charge >= 0.3 is 5.97 Å². The average Bonchev–Trinajstić information content (AvgIpc) is 3.48. The van der Waals surface area contributed by atoms with Crippen LogP contribution in [-0.4, -0.2) is 55.6 Å². The van der Waals surface area contributed by atoms with Crippen molar-refractivity contribution in [3.8, 4) is 0 Å². The van der Waals surface area contributed by atoms with Crippen LogP contribution in [0.4, 0.5) is 0 Å². The van der Waals surface area contributed by atoms with E-state index in [9.17, 15) is 9.90 Å². The highest BCUT2D eigenvalue weighted by Crippen LogP contribution is 2.24. The summed E-state index contributed by atoms with van der Waals surface area (Å²) >= 11 is 0. The minimum absolute atomic E-state index is 0.00565. The average molecular weight is 638 g/mol. The second-order valence-corrected chi connectivity index (χ2v) is 14.7. The predicted octanol–water partition coefficient (Wildman–Crippen LogP) is 11.3. The summed E-state index contributed by atoms with van der Waals surface area (Å²) in [5.41, 5.74) is 0. The standard InChI is InChI=1S/C40H79NO4/c1-5-8-11-12-13-14-17-22-27-37(35-45-40(43)38-30-32-41(4)34-38)28-23-18-15-16-19-24-29-39(42)44-33-31-36(25-20-9-6-2)26-21-10-7-3/h36-38,40,43H,5-35H2,1-4H3. The van der Waals surface area contributed by atoms with E-state index in [1.54, 1.807) is 0 Å². The van der Waals surface area contributed by atoms with Gasteiger partial charge in [-0.25, -0.2) is 0 Å². The number of carbonyl (C=O) groups excluding carboxylic acids is 1. The Balaban J connectivity index is 2.19. The largest absolute Gasteiger partial charge is 0.466 e. The number of likely N-dealkylation sites (tertiary alicyclic amines) is 1. The number of carbonyl (C=O) groups is 1. The zero-order valence-corrected chi connectivity index (χ0v) is 30.8. The van der Waals surface area contributed by atoms with E-state index in [4.69, 9.17) is 9.47 Å². The Morgan fingerprint density at radius 2 is 1.13 bits per heavy atom. The number of esters is 1. The molecule has 0 aromatic carbocycles. The molecule has 0 aromatic heterocycles. The number of hydrogen-bond donors (Lipinski definition) is 1. The summed E-state index contributed by atoms with van der Waals surface area (Å²) in [6.07, 6.45) is 32.8. The molecule has 1 aliphatic heterocycles. The van der Waals surface area contributed by atoms with Crippen LogP contribution in [-0.2, 0) is 14.3 Å². The normalized spacial score (nSPS) is 16.9. The molecule has 3 unspecified atom stereocenters. The molecule has 0 radical (unpaired) electrons. The van der Waals surface area contributed by atoms with Crippen LogP contribution in [0.25, 0.3) is 0 Å². The molecule has 0 aliphatic carbocycles. The maximum absolute atomic E-state index is 12.3. The fraction of sp³-hybridized carbons (Fsp3) is 0.975. The van der Waals surface area contributed by atoms with Gasteiger partial charge in [-0.15, -0.1) is 0 Å². The fourth-order valence-corrected chi connectivity index (χ4v) is 7.07. The molecule has 0 aromatic rings. The molecule has 0 bridgehead atoms. The molecule has 0 spiro atoms. The van der Waals surface area contributed by atoms with Crippen molar-refractivity contribution in [2.45, 2.75) is 200 Å². The predicted molar refractivity (Wildman–Crippen MR) is 193 cm³/mol. The molecular weight excluding hydrogens is 558 g/mol. The van der Waals surface area contributed by atoms with Crippen LogP contribution in [0, 0.1) is 17.8 Å². The van der Waals surface area contributed by atoms with Gasteiger partial charge in [0.05, 0.1) is 13.2 Å². The Morgan fingerprint density at radius 1 is 0.667 bits per heavy atom. The second-order valence-electron chi connectivity index (χ2n) is 14.7. The Hall–Kier alpha value is -0.650. The van der Waals surface area contributed by atoms with E-state index in [1.807, 2.05) is 0 Å². The minimum Gasteiger partial charge on any atom is -0.466 e. The first kappa shape index (κ1) is 42.4. The lowest BCUT2D eigenvalue weighted by atomic mass is 9.92. The molecule has 5 nitrogen and oxygen atoms in total. The summed E-state index contributed by atoms with van der Waals surface area (Å²) in [6, 6.07) is 0. The van der Waals surface area contributed by atoms with Crippen LogP contribution in [0.3, 0.4) is 0 Å². The summed E-state index contributed by atoms with van der Waals surface area (Å²) in [6.45, 7) is 10.1. The van der Waals surface area contributed by atoms with Crippen LogP contribution >= 0.6 is 0 Å². The Morgan fingerprint density at radius 3 is 1.67 bits per heavy atom. The van der Waals surface area contributed by atoms with Crippen molar-refractivity contribution in [2.24, 2.45) is 17.8 Å². The molecule has 3 atom stereocenters. The quantitative estimate of drug-likeness (QED) is 0.0441. The van der Waals surface area contributed by atoms with Gasteiger partial charge in [-0.05, 0) is 57.5 Å². The third-order valence-corrected chi connectivity index (χ3v) is 10.3. The zero-order valence-electron chi connectivity index (χ0n) is 30.8. The Bertz CT molecular complexity index is 634. The fourth-order valence-electron chi connectivity index (χ4n) is 7.07. The molecule has 0 saturated carbocycles. The van der Waals surface area contributed by atoms with Crippen molar-refractivity contribution >= 4 is 5.97 Å². The van der Waals surface area contributed by atoms with E-state index in [2.05, 4.69) is 32.7 Å². The van der Waals surface area contributed by atoms with Gasteiger partial charge in [0.25, 0.3) is 0 Å². The van der Waals surface area contributed by atoms with Gasteiger partial charge in [-0.3, -0.25) is 4.79 Å². The molecule has 268 valence electrons. The molecule has 1 saturated heterocycles. The van der Waals surface area contributed by atoms with Crippen molar-refractivity contribution in [3.05, 3.63) is 0 Å². The lowest BCUT2D eigenvalue weighted by Crippen LogP contribution is -2.28. The van der Waals surface area contributed by atoms with Gasteiger partial charge in [-0.2, -0.15) is 0 Å². The van der Waals surface area contributed by atoms with E-state index >= 15 is 0 Å². The number of aliphatic hydroxyl groups is 1. The first-order valence-electron chi connectivity index (χ1n) is 20.1. The Kier molecular flexibility index (Phi) is 28.9. The monoisotopic (exact) mass is 638 g/mol. The maximum atomic E-state index is 12.3. The zero-order chi connectivity index (χ0) is 32.8. The topological polar surface area (TPSA) is 59.0 Å². The van der Waals surface area contributed by atoms with Gasteiger partial charge in [0.1, 0.15) is 0 Å². The van der Waals surface area contributed by atoms with E-state index in [1.165, 1.54) is 141 Å². The molecule has 1 fully saturated rings. The number of aliphatic hydroxyl groups excluding tert-OH is 1. The third kappa shape index (κ3) is 25.1. The van der Waals surface area contributed by atoms with E-state index in [-0.39, 0.29) is 11.9 Å². The molecule has 0 amide bonds. The van der Waals surface area contributed by atoms with Crippen LogP contribution in [0.15, 0.2) is 0 Å². The van der Waals surface area contributed by atoms with E-state index in [0.717, 1.165) is 44.7 Å². The van der Waals surface area contributed by atoms with Crippen molar-refractivity contribution in [1.29, 1.82) is 0 Å². The minimum atomic E-state index is -0.610. The van der Waals surface area contributed by atoms with Crippen molar-refractivity contribution in [3.63, 3.8) is 0 Å². The molecule has 5 heteroatoms. The third-order valence-electron chi connectivity index (χ3n) is 10.3. The smallest absolute Gasteiger partial charge is 0.305 e. The van der Waals surface area contributed by atoms with Crippen molar-refractivity contribution < 1.29 is 19.4 Å².